The third kappa shape index (κ3) is 2.75. The van der Waals surface area contributed by atoms with Gasteiger partial charge in [0.15, 0.2) is 0 Å². The lowest BCUT2D eigenvalue weighted by Gasteiger charge is -2.30. The van der Waals surface area contributed by atoms with Crippen LogP contribution in [0.4, 0.5) is 5.69 Å². The number of fused-ring (bicyclic) bond motifs is 5. The normalized spacial score (nSPS) is 32.9. The monoisotopic (exact) mass is 299 g/mol. The molecule has 2 unspecified atom stereocenters. The van der Waals surface area contributed by atoms with Gasteiger partial charge in [0.1, 0.15) is 0 Å². The van der Waals surface area contributed by atoms with Crippen molar-refractivity contribution in [2.24, 2.45) is 11.8 Å². The molecule has 0 heterocycles. The Morgan fingerprint density at radius 1 is 0.739 bits per heavy atom. The highest BCUT2D eigenvalue weighted by molar-refractivity contribution is 5.52. The van der Waals surface area contributed by atoms with E-state index < -0.39 is 0 Å². The summed E-state index contributed by atoms with van der Waals surface area (Å²) in [6, 6.07) is 6.40. The molecule has 2 N–H and O–H groups in total. The van der Waals surface area contributed by atoms with Gasteiger partial charge in [-0.3, -0.25) is 0 Å². The smallest absolute Gasteiger partial charge is 0.0316 e. The van der Waals surface area contributed by atoms with Crippen molar-refractivity contribution in [2.75, 3.05) is 5.73 Å². The van der Waals surface area contributed by atoms with E-state index in [2.05, 4.69) is 72.9 Å². The molecule has 3 aliphatic carbocycles. The molecule has 3 aliphatic rings. The fourth-order valence-corrected chi connectivity index (χ4v) is 3.90. The summed E-state index contributed by atoms with van der Waals surface area (Å²) in [6.07, 6.45) is 23.8. The third-order valence-electron chi connectivity index (χ3n) is 5.03. The molecule has 0 spiro atoms. The number of benzene rings is 1. The summed E-state index contributed by atoms with van der Waals surface area (Å²) < 4.78 is 0. The molecule has 1 nitrogen and oxygen atoms in total. The molecule has 0 radical (unpaired) electrons. The van der Waals surface area contributed by atoms with E-state index in [1.807, 2.05) is 6.07 Å². The molecule has 1 heteroatoms. The minimum absolute atomic E-state index is 0.572. The standard InChI is InChI=1S/C22H21N/c23-20-11-10-16-14-21-17-8-6-4-2-1-3-5-7-9-18(12-17)22(21)15-19(16)13-20/h1-13,21-22H,14-15,23H2/b2-1-,3-1?,4-2?,5-3-,6-4-,7-5?,8-6?,9-7-,17-8+,18-9?. The molecule has 2 atom stereocenters. The van der Waals surface area contributed by atoms with Crippen LogP contribution >= 0.6 is 0 Å². The van der Waals surface area contributed by atoms with Crippen LogP contribution in [0.1, 0.15) is 11.1 Å². The molecule has 1 aromatic rings. The summed E-state index contributed by atoms with van der Waals surface area (Å²) in [5, 5.41) is 0. The van der Waals surface area contributed by atoms with Crippen LogP contribution < -0.4 is 5.73 Å². The first-order chi connectivity index (χ1) is 11.3. The van der Waals surface area contributed by atoms with Crippen molar-refractivity contribution < 1.29 is 0 Å². The van der Waals surface area contributed by atoms with Crippen LogP contribution in [0.5, 0.6) is 0 Å². The van der Waals surface area contributed by atoms with Crippen LogP contribution in [-0.2, 0) is 12.8 Å². The highest BCUT2D eigenvalue weighted by Crippen LogP contribution is 2.45. The molecular formula is C22H21N. The predicted molar refractivity (Wildman–Crippen MR) is 98.0 cm³/mol. The maximum atomic E-state index is 5.99. The Kier molecular flexibility index (Phi) is 3.63. The third-order valence-corrected chi connectivity index (χ3v) is 5.03. The fraction of sp³-hybridized carbons (Fsp3) is 0.182. The summed E-state index contributed by atoms with van der Waals surface area (Å²) in [4.78, 5) is 0. The molecule has 2 bridgehead atoms. The zero-order valence-corrected chi connectivity index (χ0v) is 13.2. The lowest BCUT2D eigenvalue weighted by atomic mass is 9.74. The van der Waals surface area contributed by atoms with Crippen molar-refractivity contribution in [1.29, 1.82) is 0 Å². The number of nitrogen functional groups attached to an aromatic ring is 1. The Labute approximate surface area is 137 Å². The largest absolute Gasteiger partial charge is 0.399 e. The van der Waals surface area contributed by atoms with Crippen LogP contribution in [0.2, 0.25) is 0 Å². The van der Waals surface area contributed by atoms with Crippen molar-refractivity contribution >= 4 is 5.69 Å². The van der Waals surface area contributed by atoms with E-state index in [9.17, 15) is 0 Å². The molecule has 0 amide bonds. The molecule has 0 fully saturated rings. The Balaban J connectivity index is 1.75. The topological polar surface area (TPSA) is 26.0 Å². The average molecular weight is 299 g/mol. The second kappa shape index (κ2) is 5.92. The van der Waals surface area contributed by atoms with E-state index in [0.29, 0.717) is 11.8 Å². The molecule has 0 saturated carbocycles. The summed E-state index contributed by atoms with van der Waals surface area (Å²) in [5.41, 5.74) is 12.6. The Hall–Kier alpha value is -2.54. The van der Waals surface area contributed by atoms with E-state index in [-0.39, 0.29) is 0 Å². The fourth-order valence-electron chi connectivity index (χ4n) is 3.90. The van der Waals surface area contributed by atoms with E-state index in [1.54, 1.807) is 0 Å². The van der Waals surface area contributed by atoms with Crippen LogP contribution in [0, 0.1) is 11.8 Å². The number of hydrogen-bond acceptors (Lipinski definition) is 1. The van der Waals surface area contributed by atoms with Gasteiger partial charge in [-0.15, -0.1) is 0 Å². The van der Waals surface area contributed by atoms with Gasteiger partial charge in [-0.25, -0.2) is 0 Å². The van der Waals surface area contributed by atoms with Crippen molar-refractivity contribution in [3.8, 4) is 0 Å². The first kappa shape index (κ1) is 14.1. The van der Waals surface area contributed by atoms with Gasteiger partial charge in [-0.1, -0.05) is 66.8 Å². The van der Waals surface area contributed by atoms with E-state index in [0.717, 1.165) is 18.5 Å². The molecule has 114 valence electrons. The first-order valence-electron chi connectivity index (χ1n) is 8.28. The SMILES string of the molecule is Nc1ccc2c(c1)CC1C3=CC(=C/C=C\C=C/C=C\C=C/3)\C1C2. The zero-order chi connectivity index (χ0) is 15.6. The Bertz CT molecular complexity index is 799. The Morgan fingerprint density at radius 2 is 1.43 bits per heavy atom. The summed E-state index contributed by atoms with van der Waals surface area (Å²) in [5.74, 6) is 1.16. The average Bonchev–Trinajstić information content (AvgIpc) is 2.87. The predicted octanol–water partition coefficient (Wildman–Crippen LogP) is 4.70. The van der Waals surface area contributed by atoms with E-state index in [4.69, 9.17) is 5.73 Å². The van der Waals surface area contributed by atoms with Crippen molar-refractivity contribution in [1.82, 2.24) is 0 Å². The van der Waals surface area contributed by atoms with Gasteiger partial charge in [0, 0.05) is 5.69 Å². The minimum atomic E-state index is 0.572. The molecular weight excluding hydrogens is 278 g/mol. The van der Waals surface area contributed by atoms with Gasteiger partial charge in [-0.2, -0.15) is 0 Å². The number of rotatable bonds is 0. The Morgan fingerprint density at radius 3 is 2.30 bits per heavy atom. The second-order valence-electron chi connectivity index (χ2n) is 6.47. The summed E-state index contributed by atoms with van der Waals surface area (Å²) in [6.45, 7) is 0. The lowest BCUT2D eigenvalue weighted by molar-refractivity contribution is 0.435. The molecule has 23 heavy (non-hydrogen) atoms. The summed E-state index contributed by atoms with van der Waals surface area (Å²) in [7, 11) is 0. The van der Waals surface area contributed by atoms with Gasteiger partial charge in [0.05, 0.1) is 0 Å². The number of nitrogens with two attached hydrogens (primary N) is 1. The molecule has 0 aromatic heterocycles. The number of allylic oxidation sites excluding steroid dienone is 12. The first-order valence-corrected chi connectivity index (χ1v) is 8.28. The maximum Gasteiger partial charge on any atom is 0.0316 e. The number of anilines is 1. The van der Waals surface area contributed by atoms with Gasteiger partial charge >= 0.3 is 0 Å². The van der Waals surface area contributed by atoms with Crippen molar-refractivity contribution in [2.45, 2.75) is 12.8 Å². The molecule has 1 aromatic carbocycles. The second-order valence-corrected chi connectivity index (χ2v) is 6.47. The molecule has 0 saturated heterocycles. The maximum absolute atomic E-state index is 5.99. The number of hydrogen-bond donors (Lipinski definition) is 1. The zero-order valence-electron chi connectivity index (χ0n) is 13.2. The minimum Gasteiger partial charge on any atom is -0.399 e. The highest BCUT2D eigenvalue weighted by Gasteiger charge is 2.36. The quantitative estimate of drug-likeness (QED) is 0.690. The van der Waals surface area contributed by atoms with Gasteiger partial charge < -0.3 is 5.73 Å². The van der Waals surface area contributed by atoms with E-state index in [1.165, 1.54) is 22.3 Å². The van der Waals surface area contributed by atoms with Gasteiger partial charge in [0.2, 0.25) is 0 Å². The van der Waals surface area contributed by atoms with Crippen LogP contribution in [0.3, 0.4) is 0 Å². The summed E-state index contributed by atoms with van der Waals surface area (Å²) >= 11 is 0. The van der Waals surface area contributed by atoms with Crippen LogP contribution in [0.15, 0.2) is 90.1 Å². The van der Waals surface area contributed by atoms with Crippen molar-refractivity contribution in [3.63, 3.8) is 0 Å². The van der Waals surface area contributed by atoms with Gasteiger partial charge in [-0.05, 0) is 59.1 Å². The van der Waals surface area contributed by atoms with E-state index >= 15 is 0 Å². The highest BCUT2D eigenvalue weighted by atomic mass is 14.5. The molecule has 4 rings (SSSR count). The lowest BCUT2D eigenvalue weighted by Crippen LogP contribution is -2.24. The van der Waals surface area contributed by atoms with Crippen LogP contribution in [-0.4, -0.2) is 0 Å². The van der Waals surface area contributed by atoms with Gasteiger partial charge in [0.25, 0.3) is 0 Å². The van der Waals surface area contributed by atoms with Crippen LogP contribution in [0.25, 0.3) is 0 Å². The van der Waals surface area contributed by atoms with Crippen molar-refractivity contribution in [3.05, 3.63) is 101 Å². The molecule has 0 aliphatic heterocycles.